The van der Waals surface area contributed by atoms with Crippen LogP contribution in [0.25, 0.3) is 0 Å². The molecule has 9 nitrogen and oxygen atoms in total. The van der Waals surface area contributed by atoms with Crippen molar-refractivity contribution in [3.05, 3.63) is 45.7 Å². The number of rotatable bonds is 6. The molecule has 0 aliphatic carbocycles. The smallest absolute Gasteiger partial charge is 0.271 e. The van der Waals surface area contributed by atoms with E-state index in [0.717, 1.165) is 29.5 Å². The Kier molecular flexibility index (Phi) is 6.71. The summed E-state index contributed by atoms with van der Waals surface area (Å²) in [6.07, 6.45) is -0.785. The molecule has 0 radical (unpaired) electrons. The maximum absolute atomic E-state index is 14.1. The zero-order chi connectivity index (χ0) is 24.4. The van der Waals surface area contributed by atoms with Crippen molar-refractivity contribution < 1.29 is 31.2 Å². The fraction of sp³-hybridized carbons (Fsp3) is 0.316. The zero-order valence-electron chi connectivity index (χ0n) is 16.6. The normalized spacial score (nSPS) is 17.2. The second-order valence-corrected chi connectivity index (χ2v) is 9.95. The molecule has 2 amide bonds. The highest BCUT2D eigenvalue weighted by Crippen LogP contribution is 2.31. The third-order valence-corrected chi connectivity index (χ3v) is 7.32. The van der Waals surface area contributed by atoms with Crippen LogP contribution >= 0.6 is 11.3 Å². The van der Waals surface area contributed by atoms with Gasteiger partial charge in [0.1, 0.15) is 33.2 Å². The van der Waals surface area contributed by atoms with Gasteiger partial charge in [-0.15, -0.1) is 11.3 Å². The van der Waals surface area contributed by atoms with Crippen molar-refractivity contribution in [2.75, 3.05) is 13.1 Å². The van der Waals surface area contributed by atoms with Crippen LogP contribution in [0.3, 0.4) is 0 Å². The van der Waals surface area contributed by atoms with Gasteiger partial charge in [-0.2, -0.15) is 10.5 Å². The molecule has 1 aliphatic rings. The number of sulfone groups is 1. The molecule has 0 saturated carbocycles. The van der Waals surface area contributed by atoms with E-state index in [-0.39, 0.29) is 16.3 Å². The number of nitrogens with one attached hydrogen (secondary N) is 1. The molecule has 1 saturated heterocycles. The summed E-state index contributed by atoms with van der Waals surface area (Å²) in [5.41, 5.74) is -0.269. The molecular formula is C19H14F3N5O4S2. The topological polar surface area (TPSA) is 144 Å². The largest absolute Gasteiger partial charge is 0.342 e. The number of halogens is 3. The minimum Gasteiger partial charge on any atom is -0.342 e. The van der Waals surface area contributed by atoms with Crippen LogP contribution in [0.4, 0.5) is 13.2 Å². The number of carbonyl (C=O) groups excluding carboxylic acids is 2. The summed E-state index contributed by atoms with van der Waals surface area (Å²) < 4.78 is 65.9. The van der Waals surface area contributed by atoms with Crippen molar-refractivity contribution >= 4 is 33.0 Å². The van der Waals surface area contributed by atoms with E-state index in [1.54, 1.807) is 12.1 Å². The summed E-state index contributed by atoms with van der Waals surface area (Å²) in [5.74, 6) is -6.72. The third kappa shape index (κ3) is 5.47. The van der Waals surface area contributed by atoms with Crippen LogP contribution in [0, 0.1) is 28.5 Å². The van der Waals surface area contributed by atoms with E-state index in [1.807, 2.05) is 0 Å². The van der Waals surface area contributed by atoms with Crippen molar-refractivity contribution in [1.29, 1.82) is 10.5 Å². The first kappa shape index (κ1) is 24.2. The minimum absolute atomic E-state index is 0.0287. The Labute approximate surface area is 190 Å². The molecule has 1 aromatic heterocycles. The lowest BCUT2D eigenvalue weighted by Crippen LogP contribution is -2.43. The maximum Gasteiger partial charge on any atom is 0.271 e. The van der Waals surface area contributed by atoms with E-state index in [9.17, 15) is 31.2 Å². The van der Waals surface area contributed by atoms with Gasteiger partial charge < -0.3 is 10.2 Å². The highest BCUT2D eigenvalue weighted by Gasteiger charge is 2.47. The number of carbonyl (C=O) groups is 2. The van der Waals surface area contributed by atoms with Crippen LogP contribution in [0.5, 0.6) is 0 Å². The number of hydrogen-bond acceptors (Lipinski definition) is 8. The second kappa shape index (κ2) is 9.17. The predicted octanol–water partition coefficient (Wildman–Crippen LogP) is 1.62. The van der Waals surface area contributed by atoms with Crippen LogP contribution in [0.1, 0.15) is 27.5 Å². The number of thiazole rings is 1. The number of benzene rings is 1. The summed E-state index contributed by atoms with van der Waals surface area (Å²) in [6, 6.07) is 4.92. The highest BCUT2D eigenvalue weighted by molar-refractivity contribution is 7.90. The number of likely N-dealkylation sites (tertiary alicyclic amines) is 1. The van der Waals surface area contributed by atoms with Crippen molar-refractivity contribution in [3.8, 4) is 12.1 Å². The number of amides is 2. The predicted molar refractivity (Wildman–Crippen MR) is 107 cm³/mol. The van der Waals surface area contributed by atoms with Crippen LogP contribution in [0.2, 0.25) is 0 Å². The Morgan fingerprint density at radius 3 is 2.70 bits per heavy atom. The first-order valence-corrected chi connectivity index (χ1v) is 11.7. The van der Waals surface area contributed by atoms with Gasteiger partial charge >= 0.3 is 0 Å². The maximum atomic E-state index is 14.1. The molecule has 1 aromatic carbocycles. The third-order valence-electron chi connectivity index (χ3n) is 4.63. The van der Waals surface area contributed by atoms with E-state index in [2.05, 4.69) is 10.3 Å². The van der Waals surface area contributed by atoms with E-state index in [0.29, 0.717) is 4.90 Å². The molecule has 0 unspecified atom stereocenters. The molecule has 2 heterocycles. The average molecular weight is 497 g/mol. The summed E-state index contributed by atoms with van der Waals surface area (Å²) >= 11 is 0.813. The molecular weight excluding hydrogens is 483 g/mol. The SMILES string of the molecule is N#Cc1ccc(S(=O)(=O)Cc2nc(C(=O)NCC(=O)N3CC(F)(F)C[C@H]3C#N)cs2)c(F)c1. The molecule has 0 spiro atoms. The standard InChI is InChI=1S/C19H14F3N5O4S2/c20-13-3-11(5-23)1-2-15(13)33(30,31)9-16-26-14(8-32-16)18(29)25-7-17(28)27-10-19(21,22)4-12(27)6-24/h1-3,8,12H,4,7,9-10H2,(H,25,29)/t12-/m0/s1. The molecule has 14 heteroatoms. The molecule has 33 heavy (non-hydrogen) atoms. The van der Waals surface area contributed by atoms with Crippen LogP contribution in [-0.4, -0.2) is 55.2 Å². The summed E-state index contributed by atoms with van der Waals surface area (Å²) in [6.45, 7) is -1.58. The Morgan fingerprint density at radius 2 is 2.06 bits per heavy atom. The lowest BCUT2D eigenvalue weighted by atomic mass is 10.2. The fourth-order valence-corrected chi connectivity index (χ4v) is 5.56. The number of nitrogens with zero attached hydrogens (tertiary/aromatic N) is 4. The highest BCUT2D eigenvalue weighted by atomic mass is 32.2. The van der Waals surface area contributed by atoms with Crippen molar-refractivity contribution in [3.63, 3.8) is 0 Å². The molecule has 1 N–H and O–H groups in total. The number of aromatic nitrogens is 1. The van der Waals surface area contributed by atoms with Gasteiger partial charge in [0.25, 0.3) is 11.8 Å². The number of alkyl halides is 2. The van der Waals surface area contributed by atoms with E-state index < -0.39 is 69.6 Å². The Hall–Kier alpha value is -3.49. The molecule has 1 aliphatic heterocycles. The van der Waals surface area contributed by atoms with Gasteiger partial charge in [0, 0.05) is 11.8 Å². The quantitative estimate of drug-likeness (QED) is 0.639. The van der Waals surface area contributed by atoms with Crippen LogP contribution in [0.15, 0.2) is 28.5 Å². The van der Waals surface area contributed by atoms with E-state index in [4.69, 9.17) is 10.5 Å². The molecule has 3 rings (SSSR count). The Morgan fingerprint density at radius 1 is 1.33 bits per heavy atom. The summed E-state index contributed by atoms with van der Waals surface area (Å²) in [4.78, 5) is 28.3. The molecule has 1 atom stereocenters. The summed E-state index contributed by atoms with van der Waals surface area (Å²) in [7, 11) is -4.17. The van der Waals surface area contributed by atoms with Crippen molar-refractivity contribution in [2.45, 2.75) is 29.0 Å². The van der Waals surface area contributed by atoms with Gasteiger partial charge in [0.2, 0.25) is 5.91 Å². The molecule has 0 bridgehead atoms. The molecule has 172 valence electrons. The lowest BCUT2D eigenvalue weighted by molar-refractivity contribution is -0.131. The summed E-state index contributed by atoms with van der Waals surface area (Å²) in [5, 5.41) is 21.1. The van der Waals surface area contributed by atoms with Gasteiger partial charge in [-0.1, -0.05) is 0 Å². The molecule has 2 aromatic rings. The van der Waals surface area contributed by atoms with Gasteiger partial charge in [-0.05, 0) is 18.2 Å². The van der Waals surface area contributed by atoms with E-state index in [1.165, 1.54) is 5.38 Å². The van der Waals surface area contributed by atoms with Gasteiger partial charge in [-0.3, -0.25) is 9.59 Å². The van der Waals surface area contributed by atoms with Crippen LogP contribution < -0.4 is 5.32 Å². The second-order valence-electron chi connectivity index (χ2n) is 7.05. The number of nitriles is 2. The van der Waals surface area contributed by atoms with Gasteiger partial charge in [0.05, 0.1) is 30.8 Å². The van der Waals surface area contributed by atoms with Crippen molar-refractivity contribution in [2.24, 2.45) is 0 Å². The molecule has 1 fully saturated rings. The Balaban J connectivity index is 1.63. The minimum atomic E-state index is -4.17. The lowest BCUT2D eigenvalue weighted by Gasteiger charge is -2.19. The first-order valence-electron chi connectivity index (χ1n) is 9.18. The van der Waals surface area contributed by atoms with Gasteiger partial charge in [0.15, 0.2) is 9.84 Å². The van der Waals surface area contributed by atoms with E-state index >= 15 is 0 Å². The van der Waals surface area contributed by atoms with Crippen LogP contribution in [-0.2, 0) is 20.4 Å². The fourth-order valence-electron chi connectivity index (χ4n) is 3.09. The average Bonchev–Trinajstić information content (AvgIpc) is 3.34. The van der Waals surface area contributed by atoms with Gasteiger partial charge in [-0.25, -0.2) is 26.6 Å². The first-order chi connectivity index (χ1) is 15.5. The Bertz CT molecular complexity index is 1300. The number of hydrogen-bond donors (Lipinski definition) is 1. The monoisotopic (exact) mass is 497 g/mol. The van der Waals surface area contributed by atoms with Crippen molar-refractivity contribution in [1.82, 2.24) is 15.2 Å². The zero-order valence-corrected chi connectivity index (χ0v) is 18.2.